The van der Waals surface area contributed by atoms with Gasteiger partial charge in [-0.25, -0.2) is 13.4 Å². The van der Waals surface area contributed by atoms with E-state index in [2.05, 4.69) is 32.0 Å². The third kappa shape index (κ3) is 4.04. The van der Waals surface area contributed by atoms with Gasteiger partial charge < -0.3 is 0 Å². The highest BCUT2D eigenvalue weighted by Gasteiger charge is 2.27. The molecule has 0 radical (unpaired) electrons. The van der Waals surface area contributed by atoms with E-state index >= 15 is 0 Å². The second kappa shape index (κ2) is 7.78. The normalized spacial score (nSPS) is 15.2. The molecule has 3 aromatic rings. The molecule has 0 unspecified atom stereocenters. The number of nitrogens with zero attached hydrogens (tertiary/aromatic N) is 2. The van der Waals surface area contributed by atoms with Crippen molar-refractivity contribution < 1.29 is 8.42 Å². The topological polar surface area (TPSA) is 50.3 Å². The predicted octanol–water partition coefficient (Wildman–Crippen LogP) is 4.80. The first-order valence-electron chi connectivity index (χ1n) is 9.54. The van der Waals surface area contributed by atoms with Gasteiger partial charge in [-0.2, -0.15) is 4.31 Å². The average molecular weight is 413 g/mol. The van der Waals surface area contributed by atoms with Crippen molar-refractivity contribution in [2.45, 2.75) is 38.0 Å². The first-order valence-corrected chi connectivity index (χ1v) is 11.9. The molecule has 0 spiro atoms. The average Bonchev–Trinajstić information content (AvgIpc) is 3.33. The molecular weight excluding hydrogens is 388 g/mol. The Labute approximate surface area is 170 Å². The lowest BCUT2D eigenvalue weighted by molar-refractivity contribution is 0.477. The van der Waals surface area contributed by atoms with Gasteiger partial charge in [0, 0.05) is 30.5 Å². The number of thiazole rings is 1. The molecule has 146 valence electrons. The summed E-state index contributed by atoms with van der Waals surface area (Å²) >= 11 is 1.64. The van der Waals surface area contributed by atoms with E-state index in [-0.39, 0.29) is 0 Å². The van der Waals surface area contributed by atoms with E-state index in [1.807, 2.05) is 17.5 Å². The summed E-state index contributed by atoms with van der Waals surface area (Å²) in [5, 5.41) is 3.11. The number of sulfonamides is 1. The molecule has 1 aliphatic heterocycles. The van der Waals surface area contributed by atoms with Gasteiger partial charge in [0.2, 0.25) is 10.0 Å². The first kappa shape index (κ1) is 19.3. The predicted molar refractivity (Wildman–Crippen MR) is 114 cm³/mol. The minimum Gasteiger partial charge on any atom is -0.241 e. The van der Waals surface area contributed by atoms with Gasteiger partial charge in [-0.3, -0.25) is 0 Å². The molecule has 2 aromatic carbocycles. The van der Waals surface area contributed by atoms with Crippen LogP contribution in [0, 0.1) is 13.8 Å². The van der Waals surface area contributed by atoms with Crippen LogP contribution in [-0.4, -0.2) is 30.8 Å². The summed E-state index contributed by atoms with van der Waals surface area (Å²) in [6.07, 6.45) is 2.70. The first-order chi connectivity index (χ1) is 13.4. The van der Waals surface area contributed by atoms with Crippen LogP contribution in [-0.2, 0) is 16.4 Å². The summed E-state index contributed by atoms with van der Waals surface area (Å²) in [5.41, 5.74) is 5.64. The molecule has 28 heavy (non-hydrogen) atoms. The van der Waals surface area contributed by atoms with Gasteiger partial charge in [0.15, 0.2) is 0 Å². The van der Waals surface area contributed by atoms with Crippen molar-refractivity contribution >= 4 is 21.4 Å². The molecule has 0 bridgehead atoms. The Morgan fingerprint density at radius 1 is 1.00 bits per heavy atom. The van der Waals surface area contributed by atoms with Gasteiger partial charge in [0.25, 0.3) is 0 Å². The highest BCUT2D eigenvalue weighted by Crippen LogP contribution is 2.27. The van der Waals surface area contributed by atoms with Crippen LogP contribution in [0.25, 0.3) is 11.3 Å². The van der Waals surface area contributed by atoms with E-state index in [1.165, 1.54) is 16.7 Å². The SMILES string of the molecule is Cc1cc(C)cc(Cc2nc(-c3ccc(S(=O)(=O)N4CCCC4)cc3)cs2)c1. The van der Waals surface area contributed by atoms with Gasteiger partial charge in [0.05, 0.1) is 15.6 Å². The monoisotopic (exact) mass is 412 g/mol. The third-order valence-electron chi connectivity index (χ3n) is 5.04. The molecule has 6 heteroatoms. The van der Waals surface area contributed by atoms with Crippen LogP contribution in [0.15, 0.2) is 52.7 Å². The van der Waals surface area contributed by atoms with E-state index in [4.69, 9.17) is 4.98 Å². The van der Waals surface area contributed by atoms with Crippen LogP contribution in [0.2, 0.25) is 0 Å². The fourth-order valence-electron chi connectivity index (χ4n) is 3.75. The molecule has 2 heterocycles. The molecule has 0 N–H and O–H groups in total. The van der Waals surface area contributed by atoms with Gasteiger partial charge in [-0.05, 0) is 44.4 Å². The molecule has 1 fully saturated rings. The van der Waals surface area contributed by atoms with Crippen LogP contribution in [0.3, 0.4) is 0 Å². The van der Waals surface area contributed by atoms with Gasteiger partial charge in [0.1, 0.15) is 0 Å². The molecule has 0 aliphatic carbocycles. The molecule has 4 nitrogen and oxygen atoms in total. The largest absolute Gasteiger partial charge is 0.243 e. The molecule has 4 rings (SSSR count). The van der Waals surface area contributed by atoms with Gasteiger partial charge >= 0.3 is 0 Å². The number of aryl methyl sites for hydroxylation is 2. The molecule has 0 saturated carbocycles. The van der Waals surface area contributed by atoms with Crippen molar-refractivity contribution in [1.82, 2.24) is 9.29 Å². The van der Waals surface area contributed by atoms with Crippen molar-refractivity contribution in [2.24, 2.45) is 0 Å². The van der Waals surface area contributed by atoms with E-state index in [0.29, 0.717) is 18.0 Å². The fourth-order valence-corrected chi connectivity index (χ4v) is 6.10. The van der Waals surface area contributed by atoms with E-state index in [1.54, 1.807) is 27.8 Å². The Morgan fingerprint density at radius 2 is 1.64 bits per heavy atom. The Balaban J connectivity index is 1.52. The Kier molecular flexibility index (Phi) is 5.36. The van der Waals surface area contributed by atoms with E-state index in [0.717, 1.165) is 35.5 Å². The maximum atomic E-state index is 12.7. The molecule has 1 aromatic heterocycles. The zero-order chi connectivity index (χ0) is 19.7. The molecule has 1 aliphatic rings. The second-order valence-corrected chi connectivity index (χ2v) is 10.3. The fraction of sp³-hybridized carbons (Fsp3) is 0.318. The number of aromatic nitrogens is 1. The number of hydrogen-bond acceptors (Lipinski definition) is 4. The lowest BCUT2D eigenvalue weighted by Crippen LogP contribution is -2.27. The van der Waals surface area contributed by atoms with Crippen LogP contribution < -0.4 is 0 Å². The summed E-state index contributed by atoms with van der Waals surface area (Å²) < 4.78 is 26.9. The number of hydrogen-bond donors (Lipinski definition) is 0. The lowest BCUT2D eigenvalue weighted by atomic mass is 10.1. The van der Waals surface area contributed by atoms with Crippen molar-refractivity contribution in [3.05, 3.63) is 69.5 Å². The van der Waals surface area contributed by atoms with Crippen LogP contribution in [0.5, 0.6) is 0 Å². The lowest BCUT2D eigenvalue weighted by Gasteiger charge is -2.15. The van der Waals surface area contributed by atoms with Crippen molar-refractivity contribution in [3.8, 4) is 11.3 Å². The second-order valence-electron chi connectivity index (χ2n) is 7.43. The Morgan fingerprint density at radius 3 is 2.29 bits per heavy atom. The Bertz CT molecular complexity index is 1060. The third-order valence-corrected chi connectivity index (χ3v) is 7.80. The number of benzene rings is 2. The summed E-state index contributed by atoms with van der Waals surface area (Å²) in [4.78, 5) is 5.13. The van der Waals surface area contributed by atoms with Crippen LogP contribution in [0.1, 0.15) is 34.5 Å². The maximum Gasteiger partial charge on any atom is 0.243 e. The zero-order valence-corrected chi connectivity index (χ0v) is 17.8. The highest BCUT2D eigenvalue weighted by molar-refractivity contribution is 7.89. The standard InChI is InChI=1S/C22H24N2O2S2/c1-16-11-17(2)13-18(12-16)14-22-23-21(15-27-22)19-5-7-20(8-6-19)28(25,26)24-9-3-4-10-24/h5-8,11-13,15H,3-4,9-10,14H2,1-2H3. The van der Waals surface area contributed by atoms with Gasteiger partial charge in [-0.1, -0.05) is 41.5 Å². The van der Waals surface area contributed by atoms with Gasteiger partial charge in [-0.15, -0.1) is 11.3 Å². The maximum absolute atomic E-state index is 12.7. The zero-order valence-electron chi connectivity index (χ0n) is 16.2. The highest BCUT2D eigenvalue weighted by atomic mass is 32.2. The van der Waals surface area contributed by atoms with Crippen LogP contribution >= 0.6 is 11.3 Å². The molecule has 0 amide bonds. The summed E-state index contributed by atoms with van der Waals surface area (Å²) in [5.74, 6) is 0. The Hall–Kier alpha value is -2.02. The molecule has 1 saturated heterocycles. The quantitative estimate of drug-likeness (QED) is 0.605. The summed E-state index contributed by atoms with van der Waals surface area (Å²) in [6.45, 7) is 5.47. The number of rotatable bonds is 5. The molecule has 0 atom stereocenters. The minimum absolute atomic E-state index is 0.365. The summed E-state index contributed by atoms with van der Waals surface area (Å²) in [6, 6.07) is 13.7. The smallest absolute Gasteiger partial charge is 0.241 e. The van der Waals surface area contributed by atoms with Crippen LogP contribution in [0.4, 0.5) is 0 Å². The minimum atomic E-state index is -3.37. The van der Waals surface area contributed by atoms with E-state index < -0.39 is 10.0 Å². The van der Waals surface area contributed by atoms with Crippen molar-refractivity contribution in [1.29, 1.82) is 0 Å². The van der Waals surface area contributed by atoms with Crippen molar-refractivity contribution in [3.63, 3.8) is 0 Å². The van der Waals surface area contributed by atoms with E-state index in [9.17, 15) is 8.42 Å². The molecular formula is C22H24N2O2S2. The summed E-state index contributed by atoms with van der Waals surface area (Å²) in [7, 11) is -3.37. The van der Waals surface area contributed by atoms with Crippen molar-refractivity contribution in [2.75, 3.05) is 13.1 Å².